The van der Waals surface area contributed by atoms with Crippen LogP contribution >= 0.6 is 0 Å². The molecule has 0 unspecified atom stereocenters. The zero-order chi connectivity index (χ0) is 47.4. The van der Waals surface area contributed by atoms with Crippen molar-refractivity contribution in [3.63, 3.8) is 0 Å². The molecule has 0 aromatic heterocycles. The van der Waals surface area contributed by atoms with Crippen molar-refractivity contribution < 1.29 is 19.2 Å². The van der Waals surface area contributed by atoms with Crippen molar-refractivity contribution in [3.8, 4) is 0 Å². The van der Waals surface area contributed by atoms with Gasteiger partial charge in [0, 0.05) is 0 Å². The van der Waals surface area contributed by atoms with Crippen molar-refractivity contribution in [1.82, 2.24) is 0 Å². The Morgan fingerprint density at radius 3 is 1.15 bits per heavy atom. The molecule has 0 atom stereocenters. The molecule has 0 aliphatic heterocycles. The van der Waals surface area contributed by atoms with Crippen molar-refractivity contribution >= 4 is 11.4 Å². The van der Waals surface area contributed by atoms with Crippen molar-refractivity contribution in [2.75, 3.05) is 0 Å². The molecule has 0 radical (unpaired) electrons. The molecule has 0 bridgehead atoms. The van der Waals surface area contributed by atoms with Crippen LogP contribution < -0.4 is 0 Å². The molecule has 3 heteroatoms. The monoisotopic (exact) mass is 937 g/mol. The molecule has 0 heterocycles. The van der Waals surface area contributed by atoms with E-state index in [-0.39, 0.29) is 0 Å². The SMILES string of the molecule is CCCCCCCCCCCC[CH2][Ni][CH2]CCCCCCCCCCCC.CCCCCCc1cc(CCCCCC)cc(C(=C(CCCCC)C(C)=C=[N+]=[N-])c2cc(C)cc(C)c2)c1. The quantitative estimate of drug-likeness (QED) is 0.0159. The molecule has 0 saturated heterocycles. The average Bonchev–Trinajstić information content (AvgIpc) is 3.29. The van der Waals surface area contributed by atoms with Gasteiger partial charge in [0.15, 0.2) is 0 Å². The third kappa shape index (κ3) is 33.1. The summed E-state index contributed by atoms with van der Waals surface area (Å²) in [6, 6.07) is 14.2. The fraction of sp³-hybridized carbons (Fsp3) is 0.742. The van der Waals surface area contributed by atoms with Gasteiger partial charge in [-0.25, -0.2) is 0 Å². The van der Waals surface area contributed by atoms with E-state index in [2.05, 4.69) is 95.5 Å². The van der Waals surface area contributed by atoms with E-state index in [0.29, 0.717) is 0 Å². The van der Waals surface area contributed by atoms with E-state index in [4.69, 9.17) is 0 Å². The molecule has 0 aliphatic rings. The molecule has 0 spiro atoms. The number of rotatable bonds is 41. The Hall–Kier alpha value is -2.17. The number of hydrogen-bond acceptors (Lipinski definition) is 0. The predicted octanol–water partition coefficient (Wildman–Crippen LogP) is 21.3. The van der Waals surface area contributed by atoms with Gasteiger partial charge in [0.05, 0.1) is 5.57 Å². The first-order valence-corrected chi connectivity index (χ1v) is 29.6. The summed E-state index contributed by atoms with van der Waals surface area (Å²) < 4.78 is 0. The number of aryl methyl sites for hydroxylation is 4. The van der Waals surface area contributed by atoms with E-state index in [1.807, 2.05) is 21.4 Å². The van der Waals surface area contributed by atoms with Gasteiger partial charge in [-0.05, 0) is 92.7 Å². The molecule has 2 aromatic carbocycles. The zero-order valence-electron chi connectivity index (χ0n) is 44.5. The Morgan fingerprint density at radius 2 is 0.769 bits per heavy atom. The van der Waals surface area contributed by atoms with Gasteiger partial charge >= 0.3 is 172 Å². The van der Waals surface area contributed by atoms with Gasteiger partial charge in [-0.15, -0.1) is 4.79 Å². The second kappa shape index (κ2) is 44.3. The third-order valence-electron chi connectivity index (χ3n) is 13.1. The molecule has 65 heavy (non-hydrogen) atoms. The van der Waals surface area contributed by atoms with E-state index >= 15 is 0 Å². The molecule has 0 fully saturated rings. The summed E-state index contributed by atoms with van der Waals surface area (Å²) >= 11 is 2.03. The molecule has 0 N–H and O–H groups in total. The third-order valence-corrected chi connectivity index (χ3v) is 14.5. The smallest absolute Gasteiger partial charge is 0.348 e. The minimum atomic E-state index is 0.926. The first kappa shape index (κ1) is 60.8. The van der Waals surface area contributed by atoms with Crippen molar-refractivity contribution in [2.24, 2.45) is 0 Å². The normalized spacial score (nSPS) is 11.6. The summed E-state index contributed by atoms with van der Waals surface area (Å²) in [5.41, 5.74) is 20.9. The Kier molecular flexibility index (Phi) is 41.5. The maximum absolute atomic E-state index is 9.41. The summed E-state index contributed by atoms with van der Waals surface area (Å²) in [6.07, 6.45) is 49.2. The summed E-state index contributed by atoms with van der Waals surface area (Å²) in [7, 11) is 0. The molecular weight excluding hydrogens is 831 g/mol. The molecule has 0 aliphatic carbocycles. The van der Waals surface area contributed by atoms with E-state index in [1.165, 1.54) is 261 Å². The summed E-state index contributed by atoms with van der Waals surface area (Å²) in [5, 5.41) is 2.86. The fourth-order valence-corrected chi connectivity index (χ4v) is 10.5. The average molecular weight is 938 g/mol. The zero-order valence-corrected chi connectivity index (χ0v) is 45.5. The summed E-state index contributed by atoms with van der Waals surface area (Å²) in [5.74, 6) is 2.89. The maximum atomic E-state index is 9.41. The van der Waals surface area contributed by atoms with Gasteiger partial charge in [0.25, 0.3) is 0 Å². The Labute approximate surface area is 412 Å². The van der Waals surface area contributed by atoms with Gasteiger partial charge in [0.2, 0.25) is 0 Å². The minimum absolute atomic E-state index is 0.926. The van der Waals surface area contributed by atoms with Crippen molar-refractivity contribution in [3.05, 3.63) is 86.5 Å². The van der Waals surface area contributed by atoms with Crippen LogP contribution in [-0.2, 0) is 27.3 Å². The number of hydrogen-bond donors (Lipinski definition) is 0. The number of benzene rings is 2. The van der Waals surface area contributed by atoms with Gasteiger partial charge in [-0.1, -0.05) is 134 Å². The molecule has 0 saturated carbocycles. The molecule has 2 nitrogen and oxygen atoms in total. The van der Waals surface area contributed by atoms with Crippen molar-refractivity contribution in [1.29, 1.82) is 0 Å². The number of unbranched alkanes of at least 4 members (excludes halogenated alkanes) is 28. The second-order valence-corrected chi connectivity index (χ2v) is 21.2. The van der Waals surface area contributed by atoms with Crippen LogP contribution in [-0.4, -0.2) is 10.7 Å². The Bertz CT molecular complexity index is 1460. The Balaban J connectivity index is 0.000000692. The summed E-state index contributed by atoms with van der Waals surface area (Å²) in [4.78, 5) is 3.32. The second-order valence-electron chi connectivity index (χ2n) is 19.7. The van der Waals surface area contributed by atoms with Crippen LogP contribution in [0.3, 0.4) is 0 Å². The van der Waals surface area contributed by atoms with Gasteiger partial charge in [-0.2, -0.15) is 0 Å². The first-order chi connectivity index (χ1) is 31.8. The van der Waals surface area contributed by atoms with Gasteiger partial charge in [-0.3, -0.25) is 0 Å². The predicted molar refractivity (Wildman–Crippen MR) is 289 cm³/mol. The van der Waals surface area contributed by atoms with Gasteiger partial charge in [0.1, 0.15) is 0 Å². The molecular formula is C62H106N2Ni. The Morgan fingerprint density at radius 1 is 0.431 bits per heavy atom. The van der Waals surface area contributed by atoms with Crippen molar-refractivity contribution in [2.45, 2.75) is 297 Å². The van der Waals surface area contributed by atoms with Crippen LogP contribution in [0.15, 0.2) is 47.5 Å². The molecule has 2 rings (SSSR count). The van der Waals surface area contributed by atoms with E-state index < -0.39 is 0 Å². The topological polar surface area (TPSA) is 36.4 Å². The minimum Gasteiger partial charge on any atom is -0.348 e. The van der Waals surface area contributed by atoms with E-state index in [1.54, 1.807) is 0 Å². The molecule has 0 amide bonds. The standard InChI is InChI=1S/C36H52N2.2C13H27.Ni/c1-7-10-13-16-18-31-24-32(19-17-14-11-8-2)26-34(25-31)36(33-22-28(4)21-29(5)23-33)35(20-15-12-9-3)30(6)27-38-37;2*1-3-5-7-9-11-13-12-10-8-6-4-2;/h21-26H,7-20H2,1-6H3;2*1,3-13H2,2H3;. The van der Waals surface area contributed by atoms with E-state index in [0.717, 1.165) is 31.3 Å². The van der Waals surface area contributed by atoms with Crippen LogP contribution in [0.25, 0.3) is 11.1 Å². The number of nitrogens with zero attached hydrogens (tertiary/aromatic N) is 2. The molecule has 2 aromatic rings. The first-order valence-electron chi connectivity index (χ1n) is 28.2. The number of allylic oxidation sites excluding steroid dienone is 2. The summed E-state index contributed by atoms with van der Waals surface area (Å²) in [6.45, 7) is 17.8. The van der Waals surface area contributed by atoms with Crippen LogP contribution in [0.1, 0.15) is 293 Å². The van der Waals surface area contributed by atoms with Gasteiger partial charge < -0.3 is 5.53 Å². The van der Waals surface area contributed by atoms with Crippen LogP contribution in [0, 0.1) is 13.8 Å². The fourth-order valence-electron chi connectivity index (χ4n) is 9.26. The molecule has 374 valence electrons. The van der Waals surface area contributed by atoms with Crippen LogP contribution in [0.4, 0.5) is 0 Å². The van der Waals surface area contributed by atoms with Crippen LogP contribution in [0.5, 0.6) is 0 Å². The van der Waals surface area contributed by atoms with E-state index in [9.17, 15) is 5.53 Å². The van der Waals surface area contributed by atoms with Crippen LogP contribution in [0.2, 0.25) is 10.8 Å².